The predicted octanol–water partition coefficient (Wildman–Crippen LogP) is 3.91. The van der Waals surface area contributed by atoms with Crippen LogP contribution in [0.1, 0.15) is 34.8 Å². The van der Waals surface area contributed by atoms with E-state index < -0.39 is 0 Å². The maximum absolute atomic E-state index is 12.4. The number of hydrogen-bond donors (Lipinski definition) is 1. The summed E-state index contributed by atoms with van der Waals surface area (Å²) in [6, 6.07) is 17.4. The minimum atomic E-state index is -0.0526. The average Bonchev–Trinajstić information content (AvgIpc) is 2.59. The number of rotatable bonds is 5. The van der Waals surface area contributed by atoms with Gasteiger partial charge in [-0.3, -0.25) is 9.59 Å². The Morgan fingerprint density at radius 1 is 1.04 bits per heavy atom. The molecule has 0 saturated heterocycles. The van der Waals surface area contributed by atoms with Gasteiger partial charge >= 0.3 is 0 Å². The number of Topliss-reactive ketones (excluding diaryl/α,β-unsaturated/α-hetero) is 1. The van der Waals surface area contributed by atoms with Gasteiger partial charge in [-0.15, -0.1) is 0 Å². The van der Waals surface area contributed by atoms with Gasteiger partial charge in [0, 0.05) is 23.1 Å². The predicted molar refractivity (Wildman–Crippen MR) is 93.0 cm³/mol. The van der Waals surface area contributed by atoms with Crippen LogP contribution in [0.4, 0.5) is 0 Å². The molecule has 116 valence electrons. The Kier molecular flexibility index (Phi) is 4.38. The number of pyridine rings is 1. The van der Waals surface area contributed by atoms with Crippen molar-refractivity contribution in [3.63, 3.8) is 0 Å². The molecule has 3 rings (SSSR count). The van der Waals surface area contributed by atoms with Gasteiger partial charge in [0.2, 0.25) is 0 Å². The molecule has 0 radical (unpaired) electrons. The zero-order valence-electron chi connectivity index (χ0n) is 13.1. The molecule has 0 fully saturated rings. The lowest BCUT2D eigenvalue weighted by molar-refractivity contribution is 0.0983. The molecule has 0 bridgehead atoms. The number of aromatic nitrogens is 1. The lowest BCUT2D eigenvalue weighted by atomic mass is 10.0. The van der Waals surface area contributed by atoms with Gasteiger partial charge < -0.3 is 4.98 Å². The molecule has 23 heavy (non-hydrogen) atoms. The van der Waals surface area contributed by atoms with Crippen LogP contribution in [0.25, 0.3) is 10.9 Å². The van der Waals surface area contributed by atoms with Crippen LogP contribution in [0, 0.1) is 0 Å². The Bertz CT molecular complexity index is 894. The number of fused-ring (bicyclic) bond motifs is 1. The molecular weight excluding hydrogens is 286 g/mol. The maximum atomic E-state index is 12.4. The number of H-pyrrole nitrogens is 1. The van der Waals surface area contributed by atoms with Crippen LogP contribution < -0.4 is 5.56 Å². The van der Waals surface area contributed by atoms with Gasteiger partial charge in [-0.05, 0) is 48.1 Å². The van der Waals surface area contributed by atoms with Crippen molar-refractivity contribution in [3.05, 3.63) is 81.6 Å². The van der Waals surface area contributed by atoms with E-state index in [9.17, 15) is 9.59 Å². The first kappa shape index (κ1) is 15.2. The van der Waals surface area contributed by atoms with Crippen LogP contribution in [0.2, 0.25) is 0 Å². The second-order valence-electron chi connectivity index (χ2n) is 5.69. The second kappa shape index (κ2) is 6.61. The Balaban J connectivity index is 1.83. The summed E-state index contributed by atoms with van der Waals surface area (Å²) in [5.41, 5.74) is 3.32. The van der Waals surface area contributed by atoms with E-state index in [1.54, 1.807) is 6.07 Å². The van der Waals surface area contributed by atoms with Gasteiger partial charge in [0.1, 0.15) is 0 Å². The van der Waals surface area contributed by atoms with E-state index in [2.05, 4.69) is 4.98 Å². The fourth-order valence-corrected chi connectivity index (χ4v) is 2.73. The Labute approximate surface area is 135 Å². The zero-order valence-corrected chi connectivity index (χ0v) is 13.1. The van der Waals surface area contributed by atoms with Gasteiger partial charge in [-0.2, -0.15) is 0 Å². The summed E-state index contributed by atoms with van der Waals surface area (Å²) in [6.45, 7) is 1.95. The van der Waals surface area contributed by atoms with E-state index in [4.69, 9.17) is 0 Å². The lowest BCUT2D eigenvalue weighted by Crippen LogP contribution is -2.11. The largest absolute Gasteiger partial charge is 0.322 e. The Morgan fingerprint density at radius 2 is 1.83 bits per heavy atom. The molecule has 0 atom stereocenters. The molecule has 3 nitrogen and oxygen atoms in total. The topological polar surface area (TPSA) is 49.9 Å². The smallest absolute Gasteiger partial charge is 0.251 e. The summed E-state index contributed by atoms with van der Waals surface area (Å²) in [5, 5.41) is 0.909. The van der Waals surface area contributed by atoms with E-state index in [-0.39, 0.29) is 11.3 Å². The van der Waals surface area contributed by atoms with Gasteiger partial charge in [0.25, 0.3) is 5.56 Å². The van der Waals surface area contributed by atoms with Gasteiger partial charge in [0.15, 0.2) is 5.78 Å². The molecular formula is C20H19NO2. The fraction of sp³-hybridized carbons (Fsp3) is 0.200. The third kappa shape index (κ3) is 3.39. The van der Waals surface area contributed by atoms with Crippen molar-refractivity contribution in [2.24, 2.45) is 0 Å². The van der Waals surface area contributed by atoms with E-state index in [0.29, 0.717) is 18.4 Å². The average molecular weight is 305 g/mol. The molecule has 0 spiro atoms. The summed E-state index contributed by atoms with van der Waals surface area (Å²) >= 11 is 0. The third-order valence-electron chi connectivity index (χ3n) is 4.11. The highest BCUT2D eigenvalue weighted by Gasteiger charge is 2.08. The quantitative estimate of drug-likeness (QED) is 0.727. The van der Waals surface area contributed by atoms with Crippen molar-refractivity contribution in [2.45, 2.75) is 26.2 Å². The van der Waals surface area contributed by atoms with Gasteiger partial charge in [-0.1, -0.05) is 37.3 Å². The summed E-state index contributed by atoms with van der Waals surface area (Å²) in [7, 11) is 0. The molecule has 0 amide bonds. The first-order valence-corrected chi connectivity index (χ1v) is 7.90. The van der Waals surface area contributed by atoms with Crippen LogP contribution in [-0.2, 0) is 12.8 Å². The van der Waals surface area contributed by atoms with Gasteiger partial charge in [-0.25, -0.2) is 0 Å². The number of aryl methyl sites for hydroxylation is 2. The molecule has 0 aliphatic carbocycles. The van der Waals surface area contributed by atoms with E-state index >= 15 is 0 Å². The van der Waals surface area contributed by atoms with Crippen LogP contribution >= 0.6 is 0 Å². The molecule has 0 unspecified atom stereocenters. The van der Waals surface area contributed by atoms with Crippen molar-refractivity contribution in [2.75, 3.05) is 0 Å². The standard InChI is InChI=1S/C20H19NO2/c1-2-15-12-17-13-16(9-10-18(17)21-20(15)23)19(22)11-8-14-6-4-3-5-7-14/h3-7,9-10,12-13H,2,8,11H2,1H3,(H,21,23). The van der Waals surface area contributed by atoms with Crippen LogP contribution in [0.15, 0.2) is 59.4 Å². The summed E-state index contributed by atoms with van der Waals surface area (Å²) < 4.78 is 0. The van der Waals surface area contributed by atoms with Crippen LogP contribution in [0.3, 0.4) is 0 Å². The molecule has 0 saturated carbocycles. The normalized spacial score (nSPS) is 10.8. The molecule has 2 aromatic carbocycles. The number of hydrogen-bond acceptors (Lipinski definition) is 2. The van der Waals surface area contributed by atoms with Crippen LogP contribution in [0.5, 0.6) is 0 Å². The zero-order chi connectivity index (χ0) is 16.2. The number of carbonyl (C=O) groups is 1. The first-order valence-electron chi connectivity index (χ1n) is 7.90. The van der Waals surface area contributed by atoms with E-state index in [1.807, 2.05) is 55.5 Å². The monoisotopic (exact) mass is 305 g/mol. The third-order valence-corrected chi connectivity index (χ3v) is 4.11. The molecule has 0 aliphatic rings. The molecule has 3 aromatic rings. The minimum absolute atomic E-state index is 0.0526. The first-order chi connectivity index (χ1) is 11.2. The molecule has 3 heteroatoms. The van der Waals surface area contributed by atoms with Crippen molar-refractivity contribution in [3.8, 4) is 0 Å². The van der Waals surface area contributed by atoms with Gasteiger partial charge in [0.05, 0.1) is 0 Å². The molecule has 1 heterocycles. The minimum Gasteiger partial charge on any atom is -0.322 e. The highest BCUT2D eigenvalue weighted by Crippen LogP contribution is 2.16. The van der Waals surface area contributed by atoms with Crippen molar-refractivity contribution in [1.82, 2.24) is 4.98 Å². The summed E-state index contributed by atoms with van der Waals surface area (Å²) in [6.07, 6.45) is 1.90. The number of nitrogens with one attached hydrogen (secondary N) is 1. The Hall–Kier alpha value is -2.68. The lowest BCUT2D eigenvalue weighted by Gasteiger charge is -2.05. The number of aromatic amines is 1. The maximum Gasteiger partial charge on any atom is 0.251 e. The number of ketones is 1. The summed E-state index contributed by atoms with van der Waals surface area (Å²) in [4.78, 5) is 27.1. The van der Waals surface area contributed by atoms with Crippen molar-refractivity contribution < 1.29 is 4.79 Å². The molecule has 0 aliphatic heterocycles. The SMILES string of the molecule is CCc1cc2cc(C(=O)CCc3ccccc3)ccc2[nH]c1=O. The summed E-state index contributed by atoms with van der Waals surface area (Å²) in [5.74, 6) is 0.125. The second-order valence-corrected chi connectivity index (χ2v) is 5.69. The number of carbonyl (C=O) groups excluding carboxylic acids is 1. The van der Waals surface area contributed by atoms with E-state index in [0.717, 1.165) is 22.9 Å². The molecule has 1 aromatic heterocycles. The van der Waals surface area contributed by atoms with Crippen LogP contribution in [-0.4, -0.2) is 10.8 Å². The Morgan fingerprint density at radius 3 is 2.57 bits per heavy atom. The van der Waals surface area contributed by atoms with E-state index in [1.165, 1.54) is 5.56 Å². The fourth-order valence-electron chi connectivity index (χ4n) is 2.73. The van der Waals surface area contributed by atoms with Crippen molar-refractivity contribution >= 4 is 16.7 Å². The highest BCUT2D eigenvalue weighted by atomic mass is 16.1. The number of benzene rings is 2. The highest BCUT2D eigenvalue weighted by molar-refractivity contribution is 5.99. The molecule has 1 N–H and O–H groups in total. The van der Waals surface area contributed by atoms with Crippen molar-refractivity contribution in [1.29, 1.82) is 0 Å².